The Morgan fingerprint density at radius 3 is 2.27 bits per heavy atom. The highest BCUT2D eigenvalue weighted by Crippen LogP contribution is 2.22. The van der Waals surface area contributed by atoms with Crippen molar-refractivity contribution in [2.24, 2.45) is 0 Å². The van der Waals surface area contributed by atoms with E-state index in [0.29, 0.717) is 17.3 Å². The fraction of sp³-hybridized carbons (Fsp3) is 0.238. The number of rotatable bonds is 8. The van der Waals surface area contributed by atoms with Gasteiger partial charge in [-0.25, -0.2) is 17.8 Å². The van der Waals surface area contributed by atoms with Crippen LogP contribution in [0.15, 0.2) is 59.5 Å². The van der Waals surface area contributed by atoms with Gasteiger partial charge in [0.05, 0.1) is 4.90 Å². The minimum absolute atomic E-state index is 0.137. The van der Waals surface area contributed by atoms with E-state index in [4.69, 9.17) is 0 Å². The molecule has 0 amide bonds. The Bertz CT molecular complexity index is 1120. The summed E-state index contributed by atoms with van der Waals surface area (Å²) >= 11 is 0. The molecule has 0 saturated carbocycles. The third-order valence-electron chi connectivity index (χ3n) is 4.43. The quantitative estimate of drug-likeness (QED) is 0.555. The average Bonchev–Trinajstić information content (AvgIpc) is 2.70. The summed E-state index contributed by atoms with van der Waals surface area (Å²) in [5.41, 5.74) is 1.91. The second kappa shape index (κ2) is 9.08. The summed E-state index contributed by atoms with van der Waals surface area (Å²) in [6.07, 6.45) is 0. The topological polar surface area (TPSA) is 87.2 Å². The van der Waals surface area contributed by atoms with Gasteiger partial charge in [-0.2, -0.15) is 4.98 Å². The van der Waals surface area contributed by atoms with E-state index in [1.165, 1.54) is 18.2 Å². The van der Waals surface area contributed by atoms with E-state index < -0.39 is 15.8 Å². The lowest BCUT2D eigenvalue weighted by Crippen LogP contribution is -2.23. The van der Waals surface area contributed by atoms with Crippen LogP contribution in [0.3, 0.4) is 0 Å². The van der Waals surface area contributed by atoms with Crippen LogP contribution in [0.4, 0.5) is 27.5 Å². The molecule has 7 nitrogen and oxygen atoms in total. The molecule has 0 unspecified atom stereocenters. The van der Waals surface area contributed by atoms with Crippen LogP contribution in [0.1, 0.15) is 19.5 Å². The van der Waals surface area contributed by atoms with Gasteiger partial charge in [-0.05, 0) is 63.2 Å². The number of aromatic nitrogens is 2. The number of sulfonamides is 1. The number of halogens is 1. The lowest BCUT2D eigenvalue weighted by molar-refractivity contribution is 0.595. The second-order valence-corrected chi connectivity index (χ2v) is 8.31. The van der Waals surface area contributed by atoms with Crippen LogP contribution in [0, 0.1) is 12.7 Å². The van der Waals surface area contributed by atoms with Crippen molar-refractivity contribution in [2.45, 2.75) is 25.7 Å². The second-order valence-electron chi connectivity index (χ2n) is 6.63. The Labute approximate surface area is 176 Å². The van der Waals surface area contributed by atoms with Gasteiger partial charge in [-0.1, -0.05) is 6.07 Å². The molecule has 158 valence electrons. The van der Waals surface area contributed by atoms with Crippen molar-refractivity contribution in [3.63, 3.8) is 0 Å². The molecule has 2 N–H and O–H groups in total. The molecule has 0 atom stereocenters. The van der Waals surface area contributed by atoms with Crippen molar-refractivity contribution in [1.29, 1.82) is 0 Å². The van der Waals surface area contributed by atoms with E-state index in [1.54, 1.807) is 24.3 Å². The molecule has 0 aliphatic rings. The summed E-state index contributed by atoms with van der Waals surface area (Å²) < 4.78 is 40.6. The number of anilines is 4. The first-order chi connectivity index (χ1) is 14.3. The van der Waals surface area contributed by atoms with Crippen LogP contribution in [0.5, 0.6) is 0 Å². The van der Waals surface area contributed by atoms with E-state index in [-0.39, 0.29) is 4.90 Å². The maximum absolute atomic E-state index is 13.3. The summed E-state index contributed by atoms with van der Waals surface area (Å²) in [5, 5.41) is 3.14. The highest BCUT2D eigenvalue weighted by Gasteiger charge is 2.15. The third kappa shape index (κ3) is 5.24. The molecule has 0 aliphatic carbocycles. The first-order valence-corrected chi connectivity index (χ1v) is 11.0. The molecular weight excluding hydrogens is 405 g/mol. The van der Waals surface area contributed by atoms with Crippen LogP contribution in [0.2, 0.25) is 0 Å². The molecule has 3 aromatic rings. The summed E-state index contributed by atoms with van der Waals surface area (Å²) in [6.45, 7) is 7.72. The van der Waals surface area contributed by atoms with Gasteiger partial charge < -0.3 is 10.2 Å². The molecule has 1 heterocycles. The molecule has 3 rings (SSSR count). The monoisotopic (exact) mass is 429 g/mol. The molecule has 0 fully saturated rings. The third-order valence-corrected chi connectivity index (χ3v) is 5.81. The molecular formula is C21H24FN5O2S. The number of nitrogens with one attached hydrogen (secondary N) is 2. The van der Waals surface area contributed by atoms with Gasteiger partial charge in [0.15, 0.2) is 0 Å². The fourth-order valence-electron chi connectivity index (χ4n) is 2.92. The van der Waals surface area contributed by atoms with Crippen molar-refractivity contribution >= 4 is 33.2 Å². The summed E-state index contributed by atoms with van der Waals surface area (Å²) in [7, 11) is -3.87. The number of hydrogen-bond acceptors (Lipinski definition) is 6. The molecule has 0 aliphatic heterocycles. The van der Waals surface area contributed by atoms with Gasteiger partial charge >= 0.3 is 0 Å². The Balaban J connectivity index is 1.75. The van der Waals surface area contributed by atoms with Crippen LogP contribution in [-0.2, 0) is 10.0 Å². The summed E-state index contributed by atoms with van der Waals surface area (Å²) in [5.74, 6) is 0.694. The van der Waals surface area contributed by atoms with E-state index in [0.717, 1.165) is 30.7 Å². The molecule has 0 spiro atoms. The normalized spacial score (nSPS) is 11.2. The smallest absolute Gasteiger partial charge is 0.261 e. The van der Waals surface area contributed by atoms with Crippen LogP contribution in [0.25, 0.3) is 0 Å². The van der Waals surface area contributed by atoms with E-state index in [1.807, 2.05) is 13.0 Å². The van der Waals surface area contributed by atoms with Crippen molar-refractivity contribution in [3.05, 3.63) is 66.1 Å². The molecule has 0 saturated heterocycles. The molecule has 2 aromatic carbocycles. The minimum atomic E-state index is -3.87. The number of nitrogens with zero attached hydrogens (tertiary/aromatic N) is 3. The zero-order valence-corrected chi connectivity index (χ0v) is 17.9. The van der Waals surface area contributed by atoms with Gasteiger partial charge in [0, 0.05) is 36.2 Å². The largest absolute Gasteiger partial charge is 0.357 e. The SMILES string of the molecule is CCN(CC)c1cc(C)nc(Nc2ccc(NS(=O)(=O)c3cccc(F)c3)cc2)n1. The number of aryl methyl sites for hydroxylation is 1. The molecule has 30 heavy (non-hydrogen) atoms. The van der Waals surface area contributed by atoms with E-state index in [9.17, 15) is 12.8 Å². The summed E-state index contributed by atoms with van der Waals surface area (Å²) in [4.78, 5) is 11.0. The Morgan fingerprint density at radius 2 is 1.63 bits per heavy atom. The fourth-order valence-corrected chi connectivity index (χ4v) is 4.01. The van der Waals surface area contributed by atoms with E-state index >= 15 is 0 Å². The standard InChI is InChI=1S/C21H24FN5O2S/c1-4-27(5-2)20-13-15(3)23-21(25-20)24-17-9-11-18(12-10-17)26-30(28,29)19-8-6-7-16(22)14-19/h6-14,26H,4-5H2,1-3H3,(H,23,24,25). The lowest BCUT2D eigenvalue weighted by Gasteiger charge is -2.20. The highest BCUT2D eigenvalue weighted by atomic mass is 32.2. The zero-order valence-electron chi connectivity index (χ0n) is 17.1. The Hall–Kier alpha value is -3.20. The van der Waals surface area contributed by atoms with Crippen molar-refractivity contribution in [3.8, 4) is 0 Å². The zero-order chi connectivity index (χ0) is 21.7. The van der Waals surface area contributed by atoms with Gasteiger partial charge in [0.25, 0.3) is 10.0 Å². The average molecular weight is 430 g/mol. The first-order valence-electron chi connectivity index (χ1n) is 9.57. The van der Waals surface area contributed by atoms with Crippen molar-refractivity contribution < 1.29 is 12.8 Å². The molecule has 0 radical (unpaired) electrons. The molecule has 9 heteroatoms. The minimum Gasteiger partial charge on any atom is -0.357 e. The van der Waals surface area contributed by atoms with Crippen LogP contribution in [-0.4, -0.2) is 31.5 Å². The lowest BCUT2D eigenvalue weighted by atomic mass is 10.3. The first kappa shape index (κ1) is 21.5. The highest BCUT2D eigenvalue weighted by molar-refractivity contribution is 7.92. The Kier molecular flexibility index (Phi) is 6.51. The maximum atomic E-state index is 13.3. The molecule has 0 bridgehead atoms. The van der Waals surface area contributed by atoms with Crippen LogP contribution < -0.4 is 14.9 Å². The number of benzene rings is 2. The van der Waals surface area contributed by atoms with Gasteiger partial charge in [0.2, 0.25) is 5.95 Å². The van der Waals surface area contributed by atoms with Crippen LogP contribution >= 0.6 is 0 Å². The molecule has 1 aromatic heterocycles. The number of hydrogen-bond donors (Lipinski definition) is 2. The van der Waals surface area contributed by atoms with Crippen molar-refractivity contribution in [2.75, 3.05) is 28.0 Å². The summed E-state index contributed by atoms with van der Waals surface area (Å²) in [6, 6.07) is 13.4. The predicted octanol–water partition coefficient (Wildman–Crippen LogP) is 4.31. The van der Waals surface area contributed by atoms with Crippen molar-refractivity contribution in [1.82, 2.24) is 9.97 Å². The van der Waals surface area contributed by atoms with E-state index in [2.05, 4.69) is 38.8 Å². The maximum Gasteiger partial charge on any atom is 0.261 e. The predicted molar refractivity (Wildman–Crippen MR) is 117 cm³/mol. The van der Waals surface area contributed by atoms with Gasteiger partial charge in [-0.3, -0.25) is 4.72 Å². The van der Waals surface area contributed by atoms with Gasteiger partial charge in [0.1, 0.15) is 11.6 Å². The Morgan fingerprint density at radius 1 is 0.967 bits per heavy atom. The van der Waals surface area contributed by atoms with Gasteiger partial charge in [-0.15, -0.1) is 0 Å².